The van der Waals surface area contributed by atoms with Crippen molar-refractivity contribution >= 4 is 35.1 Å². The first-order chi connectivity index (χ1) is 17.3. The summed E-state index contributed by atoms with van der Waals surface area (Å²) in [5.41, 5.74) is 12.2. The lowest BCUT2D eigenvalue weighted by Crippen LogP contribution is -2.41. The predicted molar refractivity (Wildman–Crippen MR) is 143 cm³/mol. The van der Waals surface area contributed by atoms with Crippen LogP contribution < -0.4 is 16.4 Å². The largest absolute Gasteiger partial charge is 0.398 e. The summed E-state index contributed by atoms with van der Waals surface area (Å²) < 4.78 is 0. The number of hydrogen-bond acceptors (Lipinski definition) is 8. The molecule has 5 N–H and O–H groups in total. The maximum atomic E-state index is 12.8. The molecule has 3 aromatic rings. The number of pyridine rings is 1. The highest BCUT2D eigenvalue weighted by atomic mass is 16.1. The number of benzene rings is 1. The van der Waals surface area contributed by atoms with E-state index in [2.05, 4.69) is 39.0 Å². The Morgan fingerprint density at radius 1 is 1.25 bits per heavy atom. The van der Waals surface area contributed by atoms with Gasteiger partial charge in [0.05, 0.1) is 5.69 Å². The number of carbonyl (C=O) groups excluding carboxylic acids is 1. The van der Waals surface area contributed by atoms with Gasteiger partial charge >= 0.3 is 0 Å². The van der Waals surface area contributed by atoms with Crippen LogP contribution in [0, 0.1) is 19.3 Å². The molecule has 186 valence electrons. The molecule has 1 aromatic carbocycles. The van der Waals surface area contributed by atoms with Gasteiger partial charge in [-0.2, -0.15) is 0 Å². The molecule has 0 saturated heterocycles. The first-order valence-corrected chi connectivity index (χ1v) is 12.0. The second kappa shape index (κ2) is 10.7. The highest BCUT2D eigenvalue weighted by molar-refractivity contribution is 6.10. The highest BCUT2D eigenvalue weighted by Gasteiger charge is 2.27. The third kappa shape index (κ3) is 5.58. The van der Waals surface area contributed by atoms with Gasteiger partial charge in [0.1, 0.15) is 5.82 Å². The van der Waals surface area contributed by atoms with Gasteiger partial charge in [-0.25, -0.2) is 15.0 Å². The Bertz CT molecular complexity index is 1300. The fraction of sp³-hybridized carbons (Fsp3) is 0.296. The molecular formula is C27H32N8O. The Morgan fingerprint density at radius 3 is 2.78 bits per heavy atom. The van der Waals surface area contributed by atoms with Gasteiger partial charge in [-0.15, -0.1) is 0 Å². The molecule has 1 unspecified atom stereocenters. The van der Waals surface area contributed by atoms with Crippen molar-refractivity contribution in [1.29, 1.82) is 5.41 Å². The Hall–Kier alpha value is -4.11. The Morgan fingerprint density at radius 2 is 2.06 bits per heavy atom. The van der Waals surface area contributed by atoms with Crippen molar-refractivity contribution in [2.75, 3.05) is 17.6 Å². The van der Waals surface area contributed by atoms with Crippen LogP contribution in [0.3, 0.4) is 0 Å². The second-order valence-corrected chi connectivity index (χ2v) is 9.11. The molecule has 1 aliphatic heterocycles. The standard InChI is InChI=1S/C27H32N8O/c1-5-21(13-30-26(36)19-6-7-23(29)22(10-19)17(3)11-28)35-14-20-12-31-27(33-24(20)15-35)34-25-9-16(2)8-18(4)32-25/h6-12,21,28H,3,5,13-15,29H2,1-2,4H3,(H,30,36)(H,31,32,33,34). The van der Waals surface area contributed by atoms with Crippen LogP contribution in [-0.4, -0.2) is 44.6 Å². The van der Waals surface area contributed by atoms with E-state index in [0.29, 0.717) is 41.4 Å². The maximum Gasteiger partial charge on any atom is 0.251 e. The summed E-state index contributed by atoms with van der Waals surface area (Å²) in [7, 11) is 0. The molecule has 36 heavy (non-hydrogen) atoms. The molecule has 1 amide bonds. The molecular weight excluding hydrogens is 452 g/mol. The number of nitrogens with zero attached hydrogens (tertiary/aromatic N) is 4. The average Bonchev–Trinajstić information content (AvgIpc) is 3.26. The van der Waals surface area contributed by atoms with E-state index in [0.717, 1.165) is 47.5 Å². The Labute approximate surface area is 211 Å². The van der Waals surface area contributed by atoms with E-state index in [1.165, 1.54) is 0 Å². The molecule has 0 aliphatic carbocycles. The summed E-state index contributed by atoms with van der Waals surface area (Å²) in [6.45, 7) is 11.8. The molecule has 0 fully saturated rings. The van der Waals surface area contributed by atoms with Gasteiger partial charge in [0, 0.05) is 66.2 Å². The van der Waals surface area contributed by atoms with Crippen LogP contribution in [0.25, 0.3) is 5.57 Å². The normalized spacial score (nSPS) is 13.6. The molecule has 1 aliphatic rings. The minimum Gasteiger partial charge on any atom is -0.398 e. The first-order valence-electron chi connectivity index (χ1n) is 12.0. The van der Waals surface area contributed by atoms with Crippen LogP contribution in [0.4, 0.5) is 17.5 Å². The molecule has 9 nitrogen and oxygen atoms in total. The molecule has 3 heterocycles. The van der Waals surface area contributed by atoms with Gasteiger partial charge in [0.25, 0.3) is 5.91 Å². The summed E-state index contributed by atoms with van der Waals surface area (Å²) >= 11 is 0. The Balaban J connectivity index is 1.39. The summed E-state index contributed by atoms with van der Waals surface area (Å²) in [5.74, 6) is 1.07. The maximum absolute atomic E-state index is 12.8. The zero-order valence-electron chi connectivity index (χ0n) is 20.9. The number of nitrogens with two attached hydrogens (primary N) is 1. The first kappa shape index (κ1) is 25.0. The van der Waals surface area contributed by atoms with Gasteiger partial charge in [0.2, 0.25) is 5.95 Å². The number of amides is 1. The lowest BCUT2D eigenvalue weighted by atomic mass is 10.0. The van der Waals surface area contributed by atoms with Crippen molar-refractivity contribution in [2.45, 2.75) is 46.3 Å². The van der Waals surface area contributed by atoms with Crippen molar-refractivity contribution in [3.05, 3.63) is 76.7 Å². The summed E-state index contributed by atoms with van der Waals surface area (Å²) in [6.07, 6.45) is 3.87. The van der Waals surface area contributed by atoms with Gasteiger partial charge < -0.3 is 21.8 Å². The lowest BCUT2D eigenvalue weighted by molar-refractivity contribution is 0.0930. The van der Waals surface area contributed by atoms with Crippen LogP contribution >= 0.6 is 0 Å². The lowest BCUT2D eigenvalue weighted by Gasteiger charge is -2.26. The molecule has 4 rings (SSSR count). The third-order valence-corrected chi connectivity index (χ3v) is 6.34. The monoisotopic (exact) mass is 484 g/mol. The van der Waals surface area contributed by atoms with Gasteiger partial charge in [-0.05, 0) is 61.7 Å². The van der Waals surface area contributed by atoms with E-state index in [1.54, 1.807) is 18.2 Å². The van der Waals surface area contributed by atoms with Crippen molar-refractivity contribution in [3.8, 4) is 0 Å². The SMILES string of the molecule is C=C(C=N)c1cc(C(=O)NCC(CC)N2Cc3cnc(Nc4cc(C)cc(C)n4)nc3C2)ccc1N. The van der Waals surface area contributed by atoms with Crippen LogP contribution in [0.1, 0.15) is 51.8 Å². The molecule has 0 bridgehead atoms. The van der Waals surface area contributed by atoms with Crippen LogP contribution in [-0.2, 0) is 13.1 Å². The number of anilines is 3. The zero-order valence-corrected chi connectivity index (χ0v) is 20.9. The van der Waals surface area contributed by atoms with E-state index < -0.39 is 0 Å². The molecule has 1 atom stereocenters. The molecule has 0 radical (unpaired) electrons. The van der Waals surface area contributed by atoms with Crippen LogP contribution in [0.15, 0.2) is 43.1 Å². The van der Waals surface area contributed by atoms with Gasteiger partial charge in [-0.3, -0.25) is 9.69 Å². The number of hydrogen-bond donors (Lipinski definition) is 4. The van der Waals surface area contributed by atoms with Crippen molar-refractivity contribution in [3.63, 3.8) is 0 Å². The van der Waals surface area contributed by atoms with Crippen molar-refractivity contribution < 1.29 is 4.79 Å². The minimum absolute atomic E-state index is 0.144. The summed E-state index contributed by atoms with van der Waals surface area (Å²) in [5, 5.41) is 13.7. The summed E-state index contributed by atoms with van der Waals surface area (Å²) in [4.78, 5) is 28.9. The fourth-order valence-corrected chi connectivity index (χ4v) is 4.41. The van der Waals surface area contributed by atoms with Crippen molar-refractivity contribution in [1.82, 2.24) is 25.2 Å². The van der Waals surface area contributed by atoms with Crippen LogP contribution in [0.2, 0.25) is 0 Å². The smallest absolute Gasteiger partial charge is 0.251 e. The number of nitrogens with one attached hydrogen (secondary N) is 3. The number of fused-ring (bicyclic) bond motifs is 1. The number of nitrogen functional groups attached to an aromatic ring is 1. The van der Waals surface area contributed by atoms with Gasteiger partial charge in [-0.1, -0.05) is 13.5 Å². The molecule has 0 spiro atoms. The number of allylic oxidation sites excluding steroid dienone is 1. The fourth-order valence-electron chi connectivity index (χ4n) is 4.41. The van der Waals surface area contributed by atoms with Crippen molar-refractivity contribution in [2.24, 2.45) is 0 Å². The zero-order chi connectivity index (χ0) is 25.8. The molecule has 2 aromatic heterocycles. The van der Waals surface area contributed by atoms with E-state index in [4.69, 9.17) is 16.1 Å². The highest BCUT2D eigenvalue weighted by Crippen LogP contribution is 2.25. The van der Waals surface area contributed by atoms with E-state index in [9.17, 15) is 4.79 Å². The average molecular weight is 485 g/mol. The number of carbonyl (C=O) groups is 1. The van der Waals surface area contributed by atoms with E-state index in [1.807, 2.05) is 32.2 Å². The number of aryl methyl sites for hydroxylation is 2. The van der Waals surface area contributed by atoms with Crippen LogP contribution in [0.5, 0.6) is 0 Å². The van der Waals surface area contributed by atoms with E-state index in [-0.39, 0.29) is 11.9 Å². The second-order valence-electron chi connectivity index (χ2n) is 9.11. The van der Waals surface area contributed by atoms with E-state index >= 15 is 0 Å². The quantitative estimate of drug-likeness (QED) is 0.266. The number of rotatable bonds is 9. The molecule has 9 heteroatoms. The summed E-state index contributed by atoms with van der Waals surface area (Å²) in [6, 6.07) is 9.18. The number of aromatic nitrogens is 3. The predicted octanol–water partition coefficient (Wildman–Crippen LogP) is 4.00. The Kier molecular flexibility index (Phi) is 7.40. The van der Waals surface area contributed by atoms with Gasteiger partial charge in [0.15, 0.2) is 0 Å². The minimum atomic E-state index is -0.184. The topological polar surface area (TPSA) is 133 Å². The molecule has 0 saturated carbocycles. The third-order valence-electron chi connectivity index (χ3n) is 6.34.